The molecule has 0 amide bonds. The molecule has 0 spiro atoms. The van der Waals surface area contributed by atoms with E-state index in [4.69, 9.17) is 16.7 Å². The summed E-state index contributed by atoms with van der Waals surface area (Å²) in [5.41, 5.74) is 1.26. The lowest BCUT2D eigenvalue weighted by atomic mass is 10.1. The second-order valence-electron chi connectivity index (χ2n) is 3.94. The molecule has 94 valence electrons. The summed E-state index contributed by atoms with van der Waals surface area (Å²) in [4.78, 5) is 15.5. The minimum absolute atomic E-state index is 0.171. The number of aromatic nitrogens is 3. The highest BCUT2D eigenvalue weighted by Gasteiger charge is 2.14. The van der Waals surface area contributed by atoms with E-state index in [1.54, 1.807) is 36.5 Å². The summed E-state index contributed by atoms with van der Waals surface area (Å²) in [6.07, 6.45) is 1.62. The van der Waals surface area contributed by atoms with Crippen LogP contribution in [0.2, 0.25) is 5.02 Å². The molecule has 0 radical (unpaired) electrons. The third kappa shape index (κ3) is 2.04. The van der Waals surface area contributed by atoms with Crippen molar-refractivity contribution in [2.45, 2.75) is 0 Å². The quantitative estimate of drug-likeness (QED) is 0.779. The van der Waals surface area contributed by atoms with E-state index in [9.17, 15) is 4.79 Å². The predicted octanol–water partition coefficient (Wildman–Crippen LogP) is 2.75. The van der Waals surface area contributed by atoms with E-state index < -0.39 is 5.97 Å². The SMILES string of the molecule is O=C(O)c1ccccc1-c1nc2ccc(Cl)cn2n1. The molecule has 1 aromatic carbocycles. The summed E-state index contributed by atoms with van der Waals surface area (Å²) in [7, 11) is 0. The summed E-state index contributed by atoms with van der Waals surface area (Å²) in [6.45, 7) is 0. The Bertz CT molecular complexity index is 782. The highest BCUT2D eigenvalue weighted by atomic mass is 35.5. The first-order valence-electron chi connectivity index (χ1n) is 5.50. The van der Waals surface area contributed by atoms with E-state index in [1.807, 2.05) is 0 Å². The first-order chi connectivity index (χ1) is 9.15. The van der Waals surface area contributed by atoms with Crippen LogP contribution in [0.1, 0.15) is 10.4 Å². The van der Waals surface area contributed by atoms with Crippen molar-refractivity contribution in [3.8, 4) is 11.4 Å². The van der Waals surface area contributed by atoms with E-state index >= 15 is 0 Å². The molecule has 0 bridgehead atoms. The van der Waals surface area contributed by atoms with Crippen LogP contribution in [0.4, 0.5) is 0 Å². The fourth-order valence-electron chi connectivity index (χ4n) is 1.84. The van der Waals surface area contributed by atoms with Gasteiger partial charge in [-0.3, -0.25) is 0 Å². The van der Waals surface area contributed by atoms with E-state index in [2.05, 4.69) is 10.1 Å². The van der Waals surface area contributed by atoms with Crippen molar-refractivity contribution in [3.63, 3.8) is 0 Å². The largest absolute Gasteiger partial charge is 0.478 e. The van der Waals surface area contributed by atoms with Crippen LogP contribution in [0.3, 0.4) is 0 Å². The first-order valence-corrected chi connectivity index (χ1v) is 5.87. The van der Waals surface area contributed by atoms with Crippen molar-refractivity contribution in [2.75, 3.05) is 0 Å². The number of carboxylic acids is 1. The standard InChI is InChI=1S/C13H8ClN3O2/c14-8-5-6-11-15-12(16-17(11)7-8)9-3-1-2-4-10(9)13(18)19/h1-7H,(H,18,19). The zero-order chi connectivity index (χ0) is 13.4. The Morgan fingerprint density at radius 3 is 2.79 bits per heavy atom. The predicted molar refractivity (Wildman–Crippen MR) is 70.4 cm³/mol. The van der Waals surface area contributed by atoms with Crippen LogP contribution in [0, 0.1) is 0 Å². The maximum Gasteiger partial charge on any atom is 0.336 e. The highest BCUT2D eigenvalue weighted by Crippen LogP contribution is 2.21. The van der Waals surface area contributed by atoms with Gasteiger partial charge in [-0.1, -0.05) is 29.8 Å². The summed E-state index contributed by atoms with van der Waals surface area (Å²) in [6, 6.07) is 10.1. The van der Waals surface area contributed by atoms with Crippen LogP contribution < -0.4 is 0 Å². The van der Waals surface area contributed by atoms with Crippen LogP contribution >= 0.6 is 11.6 Å². The summed E-state index contributed by atoms with van der Waals surface area (Å²) in [5.74, 6) is -0.646. The van der Waals surface area contributed by atoms with Crippen molar-refractivity contribution in [1.29, 1.82) is 0 Å². The number of carboxylic acid groups (broad SMARTS) is 1. The number of aromatic carboxylic acids is 1. The molecule has 0 fully saturated rings. The van der Waals surface area contributed by atoms with Gasteiger partial charge in [-0.15, -0.1) is 5.10 Å². The average molecular weight is 274 g/mol. The molecule has 0 saturated carbocycles. The average Bonchev–Trinajstić information content (AvgIpc) is 2.81. The highest BCUT2D eigenvalue weighted by molar-refractivity contribution is 6.30. The Morgan fingerprint density at radius 2 is 2.00 bits per heavy atom. The third-order valence-corrected chi connectivity index (χ3v) is 2.92. The maximum absolute atomic E-state index is 11.2. The van der Waals surface area contributed by atoms with Crippen LogP contribution in [0.5, 0.6) is 0 Å². The molecule has 6 heteroatoms. The molecule has 3 rings (SSSR count). The maximum atomic E-state index is 11.2. The summed E-state index contributed by atoms with van der Waals surface area (Å²) >= 11 is 5.87. The molecule has 0 saturated heterocycles. The first kappa shape index (κ1) is 11.7. The molecule has 2 aromatic heterocycles. The van der Waals surface area contributed by atoms with Gasteiger partial charge in [-0.25, -0.2) is 14.3 Å². The van der Waals surface area contributed by atoms with E-state index in [0.717, 1.165) is 0 Å². The molecule has 0 aliphatic rings. The molecule has 2 heterocycles. The molecular weight excluding hydrogens is 266 g/mol. The van der Waals surface area contributed by atoms with Crippen molar-refractivity contribution >= 4 is 23.2 Å². The number of fused-ring (bicyclic) bond motifs is 1. The number of benzene rings is 1. The minimum Gasteiger partial charge on any atom is -0.478 e. The number of nitrogens with zero attached hydrogens (tertiary/aromatic N) is 3. The number of pyridine rings is 1. The number of carbonyl (C=O) groups is 1. The van der Waals surface area contributed by atoms with Gasteiger partial charge in [-0.2, -0.15) is 0 Å². The van der Waals surface area contributed by atoms with Gasteiger partial charge in [0.05, 0.1) is 10.6 Å². The molecule has 5 nitrogen and oxygen atoms in total. The van der Waals surface area contributed by atoms with Crippen molar-refractivity contribution < 1.29 is 9.90 Å². The van der Waals surface area contributed by atoms with Crippen molar-refractivity contribution in [2.24, 2.45) is 0 Å². The number of hydrogen-bond donors (Lipinski definition) is 1. The summed E-state index contributed by atoms with van der Waals surface area (Å²) in [5, 5.41) is 13.9. The number of halogens is 1. The Kier molecular flexibility index (Phi) is 2.68. The minimum atomic E-state index is -1.01. The van der Waals surface area contributed by atoms with Crippen molar-refractivity contribution in [3.05, 3.63) is 53.2 Å². The van der Waals surface area contributed by atoms with E-state index in [0.29, 0.717) is 22.1 Å². The van der Waals surface area contributed by atoms with E-state index in [-0.39, 0.29) is 5.56 Å². The Morgan fingerprint density at radius 1 is 1.21 bits per heavy atom. The van der Waals surface area contributed by atoms with Gasteiger partial charge in [-0.05, 0) is 18.2 Å². The number of rotatable bonds is 2. The van der Waals surface area contributed by atoms with Crippen LogP contribution in [-0.4, -0.2) is 25.7 Å². The van der Waals surface area contributed by atoms with Gasteiger partial charge in [0.2, 0.25) is 0 Å². The van der Waals surface area contributed by atoms with Crippen LogP contribution in [0.15, 0.2) is 42.6 Å². The molecular formula is C13H8ClN3O2. The third-order valence-electron chi connectivity index (χ3n) is 2.69. The zero-order valence-corrected chi connectivity index (χ0v) is 10.4. The molecule has 3 aromatic rings. The normalized spacial score (nSPS) is 10.8. The monoisotopic (exact) mass is 273 g/mol. The second kappa shape index (κ2) is 4.37. The smallest absolute Gasteiger partial charge is 0.336 e. The fourth-order valence-corrected chi connectivity index (χ4v) is 1.99. The molecule has 1 N–H and O–H groups in total. The molecule has 19 heavy (non-hydrogen) atoms. The lowest BCUT2D eigenvalue weighted by molar-refractivity contribution is 0.0697. The van der Waals surface area contributed by atoms with Gasteiger partial charge in [0.15, 0.2) is 11.5 Å². The zero-order valence-electron chi connectivity index (χ0n) is 9.62. The molecule has 0 atom stereocenters. The Hall–Kier alpha value is -2.40. The van der Waals surface area contributed by atoms with Gasteiger partial charge in [0.1, 0.15) is 0 Å². The lowest BCUT2D eigenvalue weighted by Crippen LogP contribution is -1.99. The van der Waals surface area contributed by atoms with Crippen molar-refractivity contribution in [1.82, 2.24) is 14.6 Å². The lowest BCUT2D eigenvalue weighted by Gasteiger charge is -2.00. The topological polar surface area (TPSA) is 67.5 Å². The summed E-state index contributed by atoms with van der Waals surface area (Å²) < 4.78 is 1.52. The van der Waals surface area contributed by atoms with Crippen LogP contribution in [0.25, 0.3) is 17.0 Å². The Labute approximate surface area is 113 Å². The van der Waals surface area contributed by atoms with Gasteiger partial charge in [0.25, 0.3) is 0 Å². The fraction of sp³-hybridized carbons (Fsp3) is 0. The van der Waals surface area contributed by atoms with Gasteiger partial charge < -0.3 is 5.11 Å². The molecule has 0 aliphatic heterocycles. The van der Waals surface area contributed by atoms with Gasteiger partial charge in [0, 0.05) is 11.8 Å². The second-order valence-corrected chi connectivity index (χ2v) is 4.37. The molecule has 0 aliphatic carbocycles. The molecule has 0 unspecified atom stereocenters. The Balaban J connectivity index is 2.22. The van der Waals surface area contributed by atoms with Crippen LogP contribution in [-0.2, 0) is 0 Å². The van der Waals surface area contributed by atoms with Gasteiger partial charge >= 0.3 is 5.97 Å². The van der Waals surface area contributed by atoms with E-state index in [1.165, 1.54) is 10.6 Å². The number of hydrogen-bond acceptors (Lipinski definition) is 3.